The van der Waals surface area contributed by atoms with Crippen molar-refractivity contribution >= 4 is 11.9 Å². The van der Waals surface area contributed by atoms with Gasteiger partial charge in [0.1, 0.15) is 18.2 Å². The van der Waals surface area contributed by atoms with Crippen LogP contribution >= 0.6 is 0 Å². The van der Waals surface area contributed by atoms with Gasteiger partial charge in [-0.1, -0.05) is 18.2 Å². The van der Waals surface area contributed by atoms with Gasteiger partial charge in [-0.2, -0.15) is 0 Å². The van der Waals surface area contributed by atoms with E-state index < -0.39 is 0 Å². The molecule has 198 valence electrons. The maximum Gasteiger partial charge on any atom is 0.231 e. The van der Waals surface area contributed by atoms with E-state index in [-0.39, 0.29) is 11.5 Å². The van der Waals surface area contributed by atoms with E-state index in [2.05, 4.69) is 4.90 Å². The lowest BCUT2D eigenvalue weighted by Crippen LogP contribution is -2.34. The van der Waals surface area contributed by atoms with Crippen molar-refractivity contribution < 1.29 is 33.2 Å². The molecule has 8 nitrogen and oxygen atoms in total. The van der Waals surface area contributed by atoms with Crippen molar-refractivity contribution in [2.24, 2.45) is 0 Å². The fourth-order valence-electron chi connectivity index (χ4n) is 4.93. The van der Waals surface area contributed by atoms with Crippen LogP contribution in [0.25, 0.3) is 6.08 Å². The summed E-state index contributed by atoms with van der Waals surface area (Å²) >= 11 is 0. The maximum atomic E-state index is 13.4. The van der Waals surface area contributed by atoms with Crippen LogP contribution in [0, 0.1) is 6.92 Å². The number of allylic oxidation sites excluding steroid dienone is 1. The third kappa shape index (κ3) is 4.63. The average molecular weight is 518 g/mol. The van der Waals surface area contributed by atoms with Crippen LogP contribution in [0.1, 0.15) is 32.6 Å². The van der Waals surface area contributed by atoms with Crippen LogP contribution < -0.4 is 28.4 Å². The number of benzene rings is 3. The number of methoxy groups -OCH3 is 4. The smallest absolute Gasteiger partial charge is 0.231 e. The number of ketones is 1. The Morgan fingerprint density at radius 3 is 2.45 bits per heavy atom. The Bertz CT molecular complexity index is 1410. The number of Topliss-reactive ketones (excluding diaryl/α,β-unsaturated/α-hetero) is 1. The summed E-state index contributed by atoms with van der Waals surface area (Å²) in [6, 6.07) is 13.3. The van der Waals surface area contributed by atoms with Crippen LogP contribution in [0.4, 0.5) is 0 Å². The molecule has 2 aliphatic rings. The van der Waals surface area contributed by atoms with E-state index in [4.69, 9.17) is 28.4 Å². The molecule has 3 aromatic rings. The molecule has 0 fully saturated rings. The van der Waals surface area contributed by atoms with Gasteiger partial charge < -0.3 is 28.4 Å². The summed E-state index contributed by atoms with van der Waals surface area (Å²) in [5.41, 5.74) is 4.18. The Morgan fingerprint density at radius 1 is 0.921 bits per heavy atom. The van der Waals surface area contributed by atoms with Crippen molar-refractivity contribution in [3.8, 4) is 34.5 Å². The Labute approximate surface area is 222 Å². The van der Waals surface area contributed by atoms with Gasteiger partial charge in [-0.15, -0.1) is 0 Å². The number of carbonyl (C=O) groups is 1. The van der Waals surface area contributed by atoms with Crippen molar-refractivity contribution in [1.29, 1.82) is 0 Å². The fraction of sp³-hybridized carbons (Fsp3) is 0.300. The minimum absolute atomic E-state index is 0.168. The predicted octanol–water partition coefficient (Wildman–Crippen LogP) is 5.04. The number of rotatable bonds is 8. The number of carbonyl (C=O) groups excluding carboxylic acids is 1. The first-order valence-electron chi connectivity index (χ1n) is 12.3. The lowest BCUT2D eigenvalue weighted by Gasteiger charge is -2.30. The summed E-state index contributed by atoms with van der Waals surface area (Å²) in [7, 11) is 6.41. The molecule has 8 heteroatoms. The predicted molar refractivity (Wildman–Crippen MR) is 143 cm³/mol. The third-order valence-corrected chi connectivity index (χ3v) is 6.89. The quantitative estimate of drug-likeness (QED) is 0.385. The Hall–Kier alpha value is -4.17. The number of hydrogen-bond donors (Lipinski definition) is 0. The van der Waals surface area contributed by atoms with Crippen molar-refractivity contribution in [1.82, 2.24) is 4.90 Å². The van der Waals surface area contributed by atoms with E-state index in [1.54, 1.807) is 40.6 Å². The molecule has 2 heterocycles. The van der Waals surface area contributed by atoms with Gasteiger partial charge >= 0.3 is 0 Å². The van der Waals surface area contributed by atoms with Gasteiger partial charge in [0.25, 0.3) is 0 Å². The highest BCUT2D eigenvalue weighted by Crippen LogP contribution is 2.44. The van der Waals surface area contributed by atoms with Crippen molar-refractivity contribution in [3.63, 3.8) is 0 Å². The summed E-state index contributed by atoms with van der Waals surface area (Å²) in [6.07, 6.45) is 2.51. The highest BCUT2D eigenvalue weighted by atomic mass is 16.5. The zero-order valence-corrected chi connectivity index (χ0v) is 22.3. The molecule has 0 bridgehead atoms. The lowest BCUT2D eigenvalue weighted by atomic mass is 9.99. The van der Waals surface area contributed by atoms with Gasteiger partial charge in [-0.05, 0) is 49.2 Å². The van der Waals surface area contributed by atoms with Gasteiger partial charge in [-0.25, -0.2) is 0 Å². The summed E-state index contributed by atoms with van der Waals surface area (Å²) < 4.78 is 33.9. The lowest BCUT2D eigenvalue weighted by molar-refractivity contribution is 0.0953. The minimum Gasteiger partial charge on any atom is -0.493 e. The molecule has 0 spiro atoms. The average Bonchev–Trinajstić information content (AvgIpc) is 3.26. The summed E-state index contributed by atoms with van der Waals surface area (Å²) in [5.74, 6) is 3.93. The van der Waals surface area contributed by atoms with Crippen LogP contribution in [-0.4, -0.2) is 52.4 Å². The Kier molecular flexibility index (Phi) is 7.15. The largest absolute Gasteiger partial charge is 0.493 e. The number of hydrogen-bond acceptors (Lipinski definition) is 8. The van der Waals surface area contributed by atoms with E-state index in [0.29, 0.717) is 53.2 Å². The van der Waals surface area contributed by atoms with E-state index in [9.17, 15) is 4.79 Å². The van der Waals surface area contributed by atoms with Crippen LogP contribution in [-0.2, 0) is 13.0 Å². The first-order chi connectivity index (χ1) is 18.5. The molecule has 0 N–H and O–H groups in total. The third-order valence-electron chi connectivity index (χ3n) is 6.89. The molecule has 0 amide bonds. The second-order valence-corrected chi connectivity index (χ2v) is 9.15. The van der Waals surface area contributed by atoms with Gasteiger partial charge in [0, 0.05) is 29.8 Å². The standard InChI is InChI=1S/C30H31NO7/c1-18-28-21(16-31(17-37-28)12-11-19-9-10-23(33-2)25(13-19)35-4)14-22-27(32)26(38-29(18)22)15-20-7-6-8-24(34-3)30(20)36-5/h6-10,13-15H,11-12,16-17H2,1-5H3/b26-15-. The molecule has 2 aliphatic heterocycles. The van der Waals surface area contributed by atoms with Crippen LogP contribution in [0.5, 0.6) is 34.5 Å². The fourth-order valence-corrected chi connectivity index (χ4v) is 4.93. The molecule has 0 radical (unpaired) electrons. The zero-order valence-electron chi connectivity index (χ0n) is 22.3. The Morgan fingerprint density at radius 2 is 1.71 bits per heavy atom. The molecule has 5 rings (SSSR count). The van der Waals surface area contributed by atoms with E-state index >= 15 is 0 Å². The zero-order chi connectivity index (χ0) is 26.8. The summed E-state index contributed by atoms with van der Waals surface area (Å²) in [4.78, 5) is 15.6. The highest BCUT2D eigenvalue weighted by Gasteiger charge is 2.34. The molecule has 0 saturated heterocycles. The van der Waals surface area contributed by atoms with E-state index in [0.717, 1.165) is 35.4 Å². The SMILES string of the molecule is COc1ccc(CCN2COc3c(cc4c(c3C)O/C(=C\c3cccc(OC)c3OC)C4=O)C2)cc1OC. The van der Waals surface area contributed by atoms with Crippen LogP contribution in [0.15, 0.2) is 48.2 Å². The second-order valence-electron chi connectivity index (χ2n) is 9.15. The molecular formula is C30H31NO7. The van der Waals surface area contributed by atoms with Crippen LogP contribution in [0.2, 0.25) is 0 Å². The normalized spacial score (nSPS) is 15.4. The maximum absolute atomic E-state index is 13.4. The van der Waals surface area contributed by atoms with E-state index in [1.165, 1.54) is 0 Å². The van der Waals surface area contributed by atoms with Crippen LogP contribution in [0.3, 0.4) is 0 Å². The highest BCUT2D eigenvalue weighted by molar-refractivity contribution is 6.15. The van der Waals surface area contributed by atoms with Crippen molar-refractivity contribution in [2.75, 3.05) is 41.7 Å². The van der Waals surface area contributed by atoms with E-state index in [1.807, 2.05) is 43.3 Å². The monoisotopic (exact) mass is 517 g/mol. The molecule has 38 heavy (non-hydrogen) atoms. The first kappa shape index (κ1) is 25.5. The topological polar surface area (TPSA) is 75.7 Å². The summed E-state index contributed by atoms with van der Waals surface area (Å²) in [6.45, 7) is 3.85. The molecule has 3 aromatic carbocycles. The number of ether oxygens (including phenoxy) is 6. The molecule has 0 saturated carbocycles. The Balaban J connectivity index is 1.35. The number of fused-ring (bicyclic) bond motifs is 2. The number of nitrogens with zero attached hydrogens (tertiary/aromatic N) is 1. The molecule has 0 unspecified atom stereocenters. The molecule has 0 aliphatic carbocycles. The van der Waals surface area contributed by atoms with Crippen molar-refractivity contribution in [3.05, 3.63) is 76.0 Å². The number of para-hydroxylation sites is 1. The minimum atomic E-state index is -0.168. The van der Waals surface area contributed by atoms with Gasteiger partial charge in [0.2, 0.25) is 5.78 Å². The second kappa shape index (κ2) is 10.7. The van der Waals surface area contributed by atoms with Gasteiger partial charge in [-0.3, -0.25) is 9.69 Å². The van der Waals surface area contributed by atoms with Gasteiger partial charge in [0.05, 0.1) is 34.0 Å². The van der Waals surface area contributed by atoms with Gasteiger partial charge in [0.15, 0.2) is 28.8 Å². The molecule has 0 aromatic heterocycles. The molecular weight excluding hydrogens is 486 g/mol. The summed E-state index contributed by atoms with van der Waals surface area (Å²) in [5, 5.41) is 0. The molecule has 0 atom stereocenters. The first-order valence-corrected chi connectivity index (χ1v) is 12.3. The van der Waals surface area contributed by atoms with Crippen molar-refractivity contribution in [2.45, 2.75) is 19.9 Å².